The van der Waals surface area contributed by atoms with Crippen LogP contribution in [0, 0.1) is 0 Å². The number of benzene rings is 2. The summed E-state index contributed by atoms with van der Waals surface area (Å²) < 4.78 is 38.7. The van der Waals surface area contributed by atoms with Gasteiger partial charge in [0.2, 0.25) is 0 Å². The van der Waals surface area contributed by atoms with E-state index < -0.39 is 74.0 Å². The maximum Gasteiger partial charge on any atom is 0.331 e. The SMILES string of the molecule is COc1cc(C=CC(=O)O[C@H]2[C@@H](O[C@@H]3O[C@H](C)[C@H](O)[C@@H](O)[C@H]3O)[C@@H](O)[C@H](OCCc3ccc(O)c(OC)c3)O[C@@H]2CO)ccc1O. The summed E-state index contributed by atoms with van der Waals surface area (Å²) in [5, 5.41) is 72.1. The summed E-state index contributed by atoms with van der Waals surface area (Å²) >= 11 is 0. The number of aliphatic hydroxyl groups is 5. The molecule has 0 amide bonds. The maximum absolute atomic E-state index is 12.9. The number of aromatic hydroxyl groups is 2. The molecule has 2 heterocycles. The third-order valence-electron chi connectivity index (χ3n) is 7.68. The summed E-state index contributed by atoms with van der Waals surface area (Å²) in [4.78, 5) is 12.9. The largest absolute Gasteiger partial charge is 0.504 e. The fourth-order valence-electron chi connectivity index (χ4n) is 5.06. The Morgan fingerprint density at radius 1 is 0.848 bits per heavy atom. The zero-order chi connectivity index (χ0) is 33.5. The molecule has 15 heteroatoms. The Balaban J connectivity index is 1.52. The second kappa shape index (κ2) is 15.9. The van der Waals surface area contributed by atoms with Gasteiger partial charge in [0.25, 0.3) is 0 Å². The lowest BCUT2D eigenvalue weighted by Crippen LogP contribution is -2.65. The Hall–Kier alpha value is -3.51. The standard InChI is InChI=1S/C31H40O15/c1-15-24(36)25(37)26(38)31(43-15)46-29-27(39)30(42-11-10-17-5-8-19(34)21(13-17)41-3)44-22(14-32)28(29)45-23(35)9-6-16-4-7-18(33)20(12-16)40-2/h4-9,12-13,15,22,24-34,36-39H,10-11,14H2,1-3H3/t15-,22-,24+,25-,26-,27-,28-,29+,30-,31+/m1/s1. The monoisotopic (exact) mass is 652 g/mol. The van der Waals surface area contributed by atoms with Crippen molar-refractivity contribution in [1.29, 1.82) is 0 Å². The molecule has 15 nitrogen and oxygen atoms in total. The van der Waals surface area contributed by atoms with Crippen molar-refractivity contribution in [2.24, 2.45) is 0 Å². The van der Waals surface area contributed by atoms with Crippen LogP contribution in [0.25, 0.3) is 6.08 Å². The Labute approximate surface area is 264 Å². The number of phenolic OH excluding ortho intramolecular Hbond substituents is 2. The number of carbonyl (C=O) groups is 1. The van der Waals surface area contributed by atoms with E-state index in [0.717, 1.165) is 11.6 Å². The number of esters is 1. The van der Waals surface area contributed by atoms with Crippen LogP contribution in [0.1, 0.15) is 18.1 Å². The normalized spacial score (nSPS) is 31.5. The summed E-state index contributed by atoms with van der Waals surface area (Å²) in [6.45, 7) is 0.733. The molecule has 0 radical (unpaired) electrons. The molecule has 0 bridgehead atoms. The van der Waals surface area contributed by atoms with E-state index in [4.69, 9.17) is 33.2 Å². The van der Waals surface area contributed by atoms with Gasteiger partial charge >= 0.3 is 5.97 Å². The molecule has 4 rings (SSSR count). The smallest absolute Gasteiger partial charge is 0.331 e. The molecule has 0 unspecified atom stereocenters. The highest BCUT2D eigenvalue weighted by atomic mass is 16.7. The predicted octanol–water partition coefficient (Wildman–Crippen LogP) is -0.410. The van der Waals surface area contributed by atoms with E-state index in [-0.39, 0.29) is 29.6 Å². The van der Waals surface area contributed by atoms with Crippen LogP contribution in [0.15, 0.2) is 42.5 Å². The van der Waals surface area contributed by atoms with Gasteiger partial charge < -0.3 is 68.9 Å². The molecule has 2 aliphatic heterocycles. The number of methoxy groups -OCH3 is 2. The molecule has 2 aromatic rings. The average Bonchev–Trinajstić information content (AvgIpc) is 3.05. The highest BCUT2D eigenvalue weighted by molar-refractivity contribution is 5.87. The Bertz CT molecular complexity index is 1340. The van der Waals surface area contributed by atoms with Crippen molar-refractivity contribution in [3.05, 3.63) is 53.6 Å². The molecule has 10 atom stereocenters. The zero-order valence-corrected chi connectivity index (χ0v) is 25.4. The molecule has 0 spiro atoms. The van der Waals surface area contributed by atoms with Crippen molar-refractivity contribution >= 4 is 12.0 Å². The van der Waals surface area contributed by atoms with Crippen LogP contribution in [0.2, 0.25) is 0 Å². The molecular weight excluding hydrogens is 612 g/mol. The summed E-state index contributed by atoms with van der Waals surface area (Å²) in [7, 11) is 2.78. The first-order valence-electron chi connectivity index (χ1n) is 14.5. The minimum Gasteiger partial charge on any atom is -0.504 e. The lowest BCUT2D eigenvalue weighted by molar-refractivity contribution is -0.357. The van der Waals surface area contributed by atoms with E-state index in [1.54, 1.807) is 12.1 Å². The first-order valence-corrected chi connectivity index (χ1v) is 14.5. The van der Waals surface area contributed by atoms with Crippen molar-refractivity contribution in [2.45, 2.75) is 74.8 Å². The van der Waals surface area contributed by atoms with E-state index in [2.05, 4.69) is 0 Å². The second-order valence-corrected chi connectivity index (χ2v) is 10.8. The average molecular weight is 653 g/mol. The van der Waals surface area contributed by atoms with Gasteiger partial charge in [0, 0.05) is 6.08 Å². The lowest BCUT2D eigenvalue weighted by atomic mass is 9.97. The van der Waals surface area contributed by atoms with Gasteiger partial charge in [-0.05, 0) is 54.8 Å². The van der Waals surface area contributed by atoms with Gasteiger partial charge in [-0.3, -0.25) is 0 Å². The highest BCUT2D eigenvalue weighted by Crippen LogP contribution is 2.32. The Morgan fingerprint density at radius 2 is 1.52 bits per heavy atom. The summed E-state index contributed by atoms with van der Waals surface area (Å²) in [5.41, 5.74) is 1.22. The fraction of sp³-hybridized carbons (Fsp3) is 0.516. The quantitative estimate of drug-likeness (QED) is 0.114. The van der Waals surface area contributed by atoms with E-state index in [1.807, 2.05) is 0 Å². The van der Waals surface area contributed by atoms with Gasteiger partial charge in [-0.15, -0.1) is 0 Å². The number of hydrogen-bond acceptors (Lipinski definition) is 15. The van der Waals surface area contributed by atoms with Crippen molar-refractivity contribution in [3.8, 4) is 23.0 Å². The Morgan fingerprint density at radius 3 is 2.20 bits per heavy atom. The number of rotatable bonds is 12. The van der Waals surface area contributed by atoms with Crippen LogP contribution in [-0.2, 0) is 34.9 Å². The molecule has 2 fully saturated rings. The molecule has 7 N–H and O–H groups in total. The van der Waals surface area contributed by atoms with Crippen LogP contribution in [-0.4, -0.2) is 131 Å². The number of hydrogen-bond donors (Lipinski definition) is 7. The second-order valence-electron chi connectivity index (χ2n) is 10.8. The summed E-state index contributed by atoms with van der Waals surface area (Å²) in [6, 6.07) is 9.10. The summed E-state index contributed by atoms with van der Waals surface area (Å²) in [6.07, 6.45) is -12.0. The first-order chi connectivity index (χ1) is 22.0. The van der Waals surface area contributed by atoms with Crippen LogP contribution < -0.4 is 9.47 Å². The highest BCUT2D eigenvalue weighted by Gasteiger charge is 2.52. The summed E-state index contributed by atoms with van der Waals surface area (Å²) in [5.74, 6) is -0.622. The number of carbonyl (C=O) groups excluding carboxylic acids is 1. The van der Waals surface area contributed by atoms with Gasteiger partial charge in [0.15, 0.2) is 41.7 Å². The topological polar surface area (TPSA) is 223 Å². The number of phenols is 2. The van der Waals surface area contributed by atoms with Gasteiger partial charge in [-0.2, -0.15) is 0 Å². The van der Waals surface area contributed by atoms with Crippen molar-refractivity contribution in [2.75, 3.05) is 27.4 Å². The fourth-order valence-corrected chi connectivity index (χ4v) is 5.06. The van der Waals surface area contributed by atoms with Gasteiger partial charge in [-0.1, -0.05) is 12.1 Å². The molecule has 2 saturated heterocycles. The number of ether oxygens (including phenoxy) is 7. The van der Waals surface area contributed by atoms with Gasteiger partial charge in [-0.25, -0.2) is 4.79 Å². The number of aliphatic hydroxyl groups excluding tert-OH is 5. The lowest BCUT2D eigenvalue weighted by Gasteiger charge is -2.46. The van der Waals surface area contributed by atoms with Crippen LogP contribution in [0.5, 0.6) is 23.0 Å². The van der Waals surface area contributed by atoms with Crippen LogP contribution in [0.3, 0.4) is 0 Å². The first kappa shape index (κ1) is 35.3. The van der Waals surface area contributed by atoms with Crippen molar-refractivity contribution < 1.29 is 73.7 Å². The minimum absolute atomic E-state index is 0.00565. The van der Waals surface area contributed by atoms with Crippen molar-refractivity contribution in [3.63, 3.8) is 0 Å². The molecular formula is C31H40O15. The van der Waals surface area contributed by atoms with Gasteiger partial charge in [0.1, 0.15) is 36.6 Å². The van der Waals surface area contributed by atoms with E-state index in [0.29, 0.717) is 12.0 Å². The zero-order valence-electron chi connectivity index (χ0n) is 25.4. The molecule has 0 aliphatic carbocycles. The van der Waals surface area contributed by atoms with E-state index in [1.165, 1.54) is 51.5 Å². The molecule has 2 aliphatic rings. The molecule has 2 aromatic carbocycles. The third kappa shape index (κ3) is 8.25. The Kier molecular flexibility index (Phi) is 12.2. The molecule has 254 valence electrons. The molecule has 0 aromatic heterocycles. The van der Waals surface area contributed by atoms with E-state index in [9.17, 15) is 40.5 Å². The maximum atomic E-state index is 12.9. The molecule has 0 saturated carbocycles. The molecule has 46 heavy (non-hydrogen) atoms. The van der Waals surface area contributed by atoms with Crippen LogP contribution in [0.4, 0.5) is 0 Å². The van der Waals surface area contributed by atoms with Gasteiger partial charge in [0.05, 0.1) is 33.5 Å². The predicted molar refractivity (Wildman–Crippen MR) is 157 cm³/mol. The van der Waals surface area contributed by atoms with Crippen molar-refractivity contribution in [1.82, 2.24) is 0 Å². The van der Waals surface area contributed by atoms with Crippen LogP contribution >= 0.6 is 0 Å². The third-order valence-corrected chi connectivity index (χ3v) is 7.68. The van der Waals surface area contributed by atoms with E-state index >= 15 is 0 Å². The minimum atomic E-state index is -1.75.